The van der Waals surface area contributed by atoms with E-state index in [1.54, 1.807) is 6.08 Å². The van der Waals surface area contributed by atoms with Crippen molar-refractivity contribution in [2.24, 2.45) is 0 Å². The van der Waals surface area contributed by atoms with Gasteiger partial charge in [-0.3, -0.25) is 14.5 Å². The number of thiocarbonyl (C=S) groups is 1. The quantitative estimate of drug-likeness (QED) is 0.311. The Labute approximate surface area is 197 Å². The van der Waals surface area contributed by atoms with Gasteiger partial charge in [-0.15, -0.1) is 0 Å². The smallest absolute Gasteiger partial charge is 0.326 e. The molecule has 32 heavy (non-hydrogen) atoms. The number of hydrogen-bond donors (Lipinski definition) is 0. The number of para-hydroxylation sites is 1. The lowest BCUT2D eigenvalue weighted by atomic mass is 9.98. The normalized spacial score (nSPS) is 18.2. The number of thioether (sulfide) groups is 1. The van der Waals surface area contributed by atoms with Crippen LogP contribution in [0.4, 0.5) is 0 Å². The maximum absolute atomic E-state index is 12.9. The Morgan fingerprint density at radius 3 is 2.56 bits per heavy atom. The monoisotopic (exact) mass is 467 g/mol. The molecular formula is C25H25NO4S2. The van der Waals surface area contributed by atoms with E-state index in [0.29, 0.717) is 21.6 Å². The van der Waals surface area contributed by atoms with Crippen molar-refractivity contribution in [1.82, 2.24) is 4.90 Å². The van der Waals surface area contributed by atoms with E-state index in [0.717, 1.165) is 36.8 Å². The summed E-state index contributed by atoms with van der Waals surface area (Å²) in [6.07, 6.45) is 6.85. The molecule has 0 atom stereocenters. The van der Waals surface area contributed by atoms with Gasteiger partial charge in [-0.05, 0) is 43.4 Å². The molecule has 1 saturated carbocycles. The van der Waals surface area contributed by atoms with Crippen LogP contribution in [0.1, 0.15) is 43.2 Å². The van der Waals surface area contributed by atoms with Crippen molar-refractivity contribution in [3.05, 3.63) is 70.6 Å². The second kappa shape index (κ2) is 10.8. The number of rotatable bonds is 7. The molecule has 1 saturated heterocycles. The number of hydrogen-bond acceptors (Lipinski definition) is 6. The standard InChI is InChI=1S/C25H25NO4S2/c27-23(30-20-12-5-2-6-13-20)16-26-24(28)22(32-25(26)31)15-19-11-7-8-14-21(19)29-17-18-9-3-1-4-10-18/h1,3-4,7-11,14-15,20H,2,5-6,12-13,16-17H2/b22-15-. The van der Waals surface area contributed by atoms with Crippen LogP contribution in [-0.2, 0) is 20.9 Å². The summed E-state index contributed by atoms with van der Waals surface area (Å²) in [5, 5.41) is 0. The third kappa shape index (κ3) is 5.78. The van der Waals surface area contributed by atoms with E-state index in [-0.39, 0.29) is 18.6 Å². The van der Waals surface area contributed by atoms with E-state index < -0.39 is 5.97 Å². The number of nitrogens with zero attached hydrogens (tertiary/aromatic N) is 1. The molecule has 1 heterocycles. The maximum Gasteiger partial charge on any atom is 0.326 e. The van der Waals surface area contributed by atoms with Crippen molar-refractivity contribution in [2.45, 2.75) is 44.8 Å². The van der Waals surface area contributed by atoms with Crippen LogP contribution in [0.15, 0.2) is 59.5 Å². The molecule has 0 aromatic heterocycles. The average Bonchev–Trinajstić information content (AvgIpc) is 3.07. The first-order valence-corrected chi connectivity index (χ1v) is 12.0. The molecule has 4 rings (SSSR count). The molecule has 1 amide bonds. The van der Waals surface area contributed by atoms with Crippen molar-refractivity contribution >= 4 is 46.3 Å². The van der Waals surface area contributed by atoms with Gasteiger partial charge < -0.3 is 9.47 Å². The third-order valence-electron chi connectivity index (χ3n) is 5.45. The van der Waals surface area contributed by atoms with E-state index in [1.807, 2.05) is 54.6 Å². The molecule has 0 unspecified atom stereocenters. The molecule has 7 heteroatoms. The molecule has 0 bridgehead atoms. The predicted molar refractivity (Wildman–Crippen MR) is 130 cm³/mol. The molecular weight excluding hydrogens is 442 g/mol. The number of carbonyl (C=O) groups is 2. The molecule has 0 spiro atoms. The van der Waals surface area contributed by atoms with Gasteiger partial charge in [0.25, 0.3) is 5.91 Å². The first-order valence-electron chi connectivity index (χ1n) is 10.8. The van der Waals surface area contributed by atoms with E-state index >= 15 is 0 Å². The fourth-order valence-electron chi connectivity index (χ4n) is 3.78. The van der Waals surface area contributed by atoms with Gasteiger partial charge in [0.05, 0.1) is 4.91 Å². The zero-order valence-electron chi connectivity index (χ0n) is 17.7. The lowest BCUT2D eigenvalue weighted by molar-refractivity contribution is -0.152. The lowest BCUT2D eigenvalue weighted by Gasteiger charge is -2.23. The Kier molecular flexibility index (Phi) is 7.60. The summed E-state index contributed by atoms with van der Waals surface area (Å²) in [7, 11) is 0. The van der Waals surface area contributed by atoms with Gasteiger partial charge in [0.15, 0.2) is 0 Å². The largest absolute Gasteiger partial charge is 0.488 e. The van der Waals surface area contributed by atoms with Crippen molar-refractivity contribution in [3.8, 4) is 5.75 Å². The van der Waals surface area contributed by atoms with Crippen molar-refractivity contribution in [2.75, 3.05) is 6.54 Å². The van der Waals surface area contributed by atoms with Gasteiger partial charge in [0, 0.05) is 5.56 Å². The van der Waals surface area contributed by atoms with Crippen molar-refractivity contribution < 1.29 is 19.1 Å². The van der Waals surface area contributed by atoms with Gasteiger partial charge in [0.2, 0.25) is 0 Å². The minimum absolute atomic E-state index is 0.0427. The summed E-state index contributed by atoms with van der Waals surface area (Å²) in [6, 6.07) is 17.4. The predicted octanol–water partition coefficient (Wildman–Crippen LogP) is 5.34. The summed E-state index contributed by atoms with van der Waals surface area (Å²) in [5.74, 6) is -0.00201. The van der Waals surface area contributed by atoms with Crippen molar-refractivity contribution in [3.63, 3.8) is 0 Å². The molecule has 1 aliphatic heterocycles. The number of ether oxygens (including phenoxy) is 2. The minimum atomic E-state index is -0.402. The SMILES string of the molecule is O=C(CN1C(=O)/C(=C/c2ccccc2OCc2ccccc2)SC1=S)OC1CCCCC1. The topological polar surface area (TPSA) is 55.8 Å². The number of amides is 1. The van der Waals surface area contributed by atoms with E-state index in [9.17, 15) is 9.59 Å². The zero-order chi connectivity index (χ0) is 22.3. The van der Waals surface area contributed by atoms with Crippen LogP contribution >= 0.6 is 24.0 Å². The van der Waals surface area contributed by atoms with Gasteiger partial charge in [-0.25, -0.2) is 0 Å². The highest BCUT2D eigenvalue weighted by atomic mass is 32.2. The second-order valence-corrected chi connectivity index (χ2v) is 9.51. The fourth-order valence-corrected chi connectivity index (χ4v) is 5.03. The van der Waals surface area contributed by atoms with E-state index in [4.69, 9.17) is 21.7 Å². The average molecular weight is 468 g/mol. The summed E-state index contributed by atoms with van der Waals surface area (Å²) in [5.41, 5.74) is 1.85. The highest BCUT2D eigenvalue weighted by Gasteiger charge is 2.34. The Hall–Kier alpha value is -2.64. The summed E-state index contributed by atoms with van der Waals surface area (Å²) < 4.78 is 11.9. The molecule has 0 N–H and O–H groups in total. The van der Waals surface area contributed by atoms with Crippen LogP contribution in [0, 0.1) is 0 Å². The van der Waals surface area contributed by atoms with Gasteiger partial charge >= 0.3 is 5.97 Å². The highest BCUT2D eigenvalue weighted by molar-refractivity contribution is 8.26. The molecule has 2 aromatic carbocycles. The molecule has 2 aromatic rings. The molecule has 166 valence electrons. The van der Waals surface area contributed by atoms with Crippen LogP contribution in [-0.4, -0.2) is 33.7 Å². The van der Waals surface area contributed by atoms with Crippen molar-refractivity contribution in [1.29, 1.82) is 0 Å². The Bertz CT molecular complexity index is 1020. The fraction of sp³-hybridized carbons (Fsp3) is 0.320. The highest BCUT2D eigenvalue weighted by Crippen LogP contribution is 2.34. The Balaban J connectivity index is 1.41. The molecule has 1 aliphatic carbocycles. The Morgan fingerprint density at radius 2 is 1.78 bits per heavy atom. The molecule has 5 nitrogen and oxygen atoms in total. The molecule has 2 aliphatic rings. The second-order valence-electron chi connectivity index (χ2n) is 7.83. The van der Waals surface area contributed by atoms with Crippen LogP contribution < -0.4 is 4.74 Å². The molecule has 2 fully saturated rings. The van der Waals surface area contributed by atoms with Gasteiger partial charge in [-0.1, -0.05) is 78.9 Å². The summed E-state index contributed by atoms with van der Waals surface area (Å²) in [4.78, 5) is 27.1. The number of benzene rings is 2. The van der Waals surface area contributed by atoms with Crippen LogP contribution in [0.2, 0.25) is 0 Å². The minimum Gasteiger partial charge on any atom is -0.488 e. The first kappa shape index (κ1) is 22.6. The summed E-state index contributed by atoms with van der Waals surface area (Å²) in [6.45, 7) is 0.282. The number of carbonyl (C=O) groups excluding carboxylic acids is 2. The van der Waals surface area contributed by atoms with E-state index in [2.05, 4.69) is 0 Å². The Morgan fingerprint density at radius 1 is 1.06 bits per heavy atom. The van der Waals surface area contributed by atoms with Gasteiger partial charge in [0.1, 0.15) is 29.3 Å². The van der Waals surface area contributed by atoms with E-state index in [1.165, 1.54) is 23.1 Å². The van der Waals surface area contributed by atoms with Crippen LogP contribution in [0.25, 0.3) is 6.08 Å². The van der Waals surface area contributed by atoms with Gasteiger partial charge in [-0.2, -0.15) is 0 Å². The molecule has 0 radical (unpaired) electrons. The van der Waals surface area contributed by atoms with Crippen LogP contribution in [0.5, 0.6) is 5.75 Å². The maximum atomic E-state index is 12.9. The third-order valence-corrected chi connectivity index (χ3v) is 6.83. The lowest BCUT2D eigenvalue weighted by Crippen LogP contribution is -2.36. The zero-order valence-corrected chi connectivity index (χ0v) is 19.3. The first-order chi connectivity index (χ1) is 15.6. The summed E-state index contributed by atoms with van der Waals surface area (Å²) >= 11 is 6.56. The number of esters is 1. The van der Waals surface area contributed by atoms with Crippen LogP contribution in [0.3, 0.4) is 0 Å².